The van der Waals surface area contributed by atoms with Gasteiger partial charge in [-0.05, 0) is 30.5 Å². The van der Waals surface area contributed by atoms with Crippen molar-refractivity contribution in [2.75, 3.05) is 0 Å². The molecule has 0 saturated carbocycles. The van der Waals surface area contributed by atoms with Gasteiger partial charge in [-0.15, -0.1) is 0 Å². The second kappa shape index (κ2) is 5.42. The molecule has 2 rings (SSSR count). The van der Waals surface area contributed by atoms with Crippen LogP contribution in [0.5, 0.6) is 0 Å². The third kappa shape index (κ3) is 2.70. The first kappa shape index (κ1) is 14.2. The summed E-state index contributed by atoms with van der Waals surface area (Å²) in [5.41, 5.74) is 1.71. The van der Waals surface area contributed by atoms with E-state index in [0.717, 1.165) is 5.69 Å². The van der Waals surface area contributed by atoms with Crippen LogP contribution in [0.4, 0.5) is 5.69 Å². The molecule has 1 heterocycles. The van der Waals surface area contributed by atoms with E-state index in [1.54, 1.807) is 25.3 Å². The van der Waals surface area contributed by atoms with E-state index in [0.29, 0.717) is 11.3 Å². The number of nitro groups is 1. The molecule has 0 saturated heterocycles. The summed E-state index contributed by atoms with van der Waals surface area (Å²) in [7, 11) is 0. The van der Waals surface area contributed by atoms with E-state index in [1.807, 2.05) is 19.9 Å². The maximum atomic E-state index is 11.2. The van der Waals surface area contributed by atoms with Gasteiger partial charge in [0.25, 0.3) is 5.69 Å². The summed E-state index contributed by atoms with van der Waals surface area (Å²) >= 11 is 0. The second-order valence-electron chi connectivity index (χ2n) is 5.02. The van der Waals surface area contributed by atoms with E-state index >= 15 is 0 Å². The molecule has 2 aromatic rings. The van der Waals surface area contributed by atoms with Crippen LogP contribution in [0.1, 0.15) is 44.1 Å². The van der Waals surface area contributed by atoms with Crippen molar-refractivity contribution in [3.05, 3.63) is 51.8 Å². The molecule has 0 spiro atoms. The molecule has 0 bridgehead atoms. The topological polar surface area (TPSA) is 81.2 Å². The summed E-state index contributed by atoms with van der Waals surface area (Å²) in [5, 5.41) is 25.1. The molecule has 0 radical (unpaired) electrons. The molecule has 1 aromatic carbocycles. The van der Waals surface area contributed by atoms with Crippen molar-refractivity contribution in [2.24, 2.45) is 0 Å². The summed E-state index contributed by atoms with van der Waals surface area (Å²) in [5.74, 6) is 0.257. The molecule has 0 aliphatic heterocycles. The average Bonchev–Trinajstić information content (AvgIpc) is 2.87. The Bertz CT molecular complexity index is 632. The van der Waals surface area contributed by atoms with Gasteiger partial charge in [0.05, 0.1) is 16.7 Å². The third-order valence-electron chi connectivity index (χ3n) is 3.13. The number of hydrogen-bond donors (Lipinski definition) is 1. The van der Waals surface area contributed by atoms with Crippen molar-refractivity contribution < 1.29 is 10.0 Å². The Morgan fingerprint density at radius 3 is 2.50 bits per heavy atom. The standard InChI is InChI=1S/C14H17N3O3/c1-9(2)12-6-7-16(15-12)13-5-4-11(10(3)18)8-14(13)17(19)20/h4-10,18H,1-3H3. The monoisotopic (exact) mass is 275 g/mol. The molecule has 1 aromatic heterocycles. The molecule has 0 amide bonds. The fourth-order valence-electron chi connectivity index (χ4n) is 1.92. The zero-order valence-electron chi connectivity index (χ0n) is 11.6. The normalized spacial score (nSPS) is 12.7. The second-order valence-corrected chi connectivity index (χ2v) is 5.02. The molecule has 1 unspecified atom stereocenters. The molecule has 0 aliphatic rings. The van der Waals surface area contributed by atoms with Crippen LogP contribution >= 0.6 is 0 Å². The lowest BCUT2D eigenvalue weighted by molar-refractivity contribution is -0.384. The predicted molar refractivity (Wildman–Crippen MR) is 74.9 cm³/mol. The highest BCUT2D eigenvalue weighted by atomic mass is 16.6. The van der Waals surface area contributed by atoms with Crippen molar-refractivity contribution in [3.8, 4) is 5.69 Å². The van der Waals surface area contributed by atoms with Gasteiger partial charge < -0.3 is 5.11 Å². The summed E-state index contributed by atoms with van der Waals surface area (Å²) in [6.45, 7) is 5.60. The fourth-order valence-corrected chi connectivity index (χ4v) is 1.92. The Morgan fingerprint density at radius 1 is 1.30 bits per heavy atom. The van der Waals surface area contributed by atoms with Crippen LogP contribution in [0.3, 0.4) is 0 Å². The van der Waals surface area contributed by atoms with Gasteiger partial charge in [-0.3, -0.25) is 10.1 Å². The number of rotatable bonds is 4. The van der Waals surface area contributed by atoms with E-state index in [9.17, 15) is 15.2 Å². The molecule has 106 valence electrons. The summed E-state index contributed by atoms with van der Waals surface area (Å²) in [6, 6.07) is 6.51. The van der Waals surface area contributed by atoms with Crippen LogP contribution < -0.4 is 0 Å². The maximum absolute atomic E-state index is 11.2. The van der Waals surface area contributed by atoms with Gasteiger partial charge in [0.2, 0.25) is 0 Å². The lowest BCUT2D eigenvalue weighted by atomic mass is 10.1. The van der Waals surface area contributed by atoms with Crippen molar-refractivity contribution in [1.29, 1.82) is 0 Å². The number of nitro benzene ring substituents is 1. The number of benzene rings is 1. The first-order valence-corrected chi connectivity index (χ1v) is 6.42. The summed E-state index contributed by atoms with van der Waals surface area (Å²) in [4.78, 5) is 10.7. The molecule has 0 fully saturated rings. The minimum absolute atomic E-state index is 0.0678. The Morgan fingerprint density at radius 2 is 2.00 bits per heavy atom. The Balaban J connectivity index is 2.52. The van der Waals surface area contributed by atoms with Gasteiger partial charge in [-0.2, -0.15) is 5.10 Å². The zero-order valence-corrected chi connectivity index (χ0v) is 11.6. The number of aliphatic hydroxyl groups excluding tert-OH is 1. The lowest BCUT2D eigenvalue weighted by Gasteiger charge is -2.08. The molecular formula is C14H17N3O3. The van der Waals surface area contributed by atoms with E-state index < -0.39 is 11.0 Å². The maximum Gasteiger partial charge on any atom is 0.295 e. The van der Waals surface area contributed by atoms with E-state index in [2.05, 4.69) is 5.10 Å². The molecule has 1 N–H and O–H groups in total. The van der Waals surface area contributed by atoms with Gasteiger partial charge in [0.1, 0.15) is 5.69 Å². The van der Waals surface area contributed by atoms with Crippen molar-refractivity contribution in [1.82, 2.24) is 9.78 Å². The first-order valence-electron chi connectivity index (χ1n) is 6.42. The van der Waals surface area contributed by atoms with Gasteiger partial charge in [-0.25, -0.2) is 4.68 Å². The average molecular weight is 275 g/mol. The molecular weight excluding hydrogens is 258 g/mol. The van der Waals surface area contributed by atoms with Crippen LogP contribution in [0.25, 0.3) is 5.69 Å². The van der Waals surface area contributed by atoms with Crippen LogP contribution in [0, 0.1) is 10.1 Å². The van der Waals surface area contributed by atoms with Crippen LogP contribution in [0.2, 0.25) is 0 Å². The minimum atomic E-state index is -0.744. The van der Waals surface area contributed by atoms with E-state index in [4.69, 9.17) is 0 Å². The number of aliphatic hydroxyl groups is 1. The fraction of sp³-hybridized carbons (Fsp3) is 0.357. The Hall–Kier alpha value is -2.21. The number of aromatic nitrogens is 2. The predicted octanol–water partition coefficient (Wildman–Crippen LogP) is 2.96. The van der Waals surface area contributed by atoms with Crippen molar-refractivity contribution in [3.63, 3.8) is 0 Å². The highest BCUT2D eigenvalue weighted by Gasteiger charge is 2.18. The smallest absolute Gasteiger partial charge is 0.295 e. The van der Waals surface area contributed by atoms with Crippen LogP contribution in [-0.2, 0) is 0 Å². The van der Waals surface area contributed by atoms with E-state index in [1.165, 1.54) is 10.7 Å². The molecule has 1 atom stereocenters. The summed E-state index contributed by atoms with van der Waals surface area (Å²) < 4.78 is 1.50. The summed E-state index contributed by atoms with van der Waals surface area (Å²) in [6.07, 6.45) is 0.964. The van der Waals surface area contributed by atoms with Crippen molar-refractivity contribution in [2.45, 2.75) is 32.8 Å². The molecule has 6 heteroatoms. The Labute approximate surface area is 116 Å². The number of hydrogen-bond acceptors (Lipinski definition) is 4. The molecule has 0 aliphatic carbocycles. The quantitative estimate of drug-likeness (QED) is 0.687. The van der Waals surface area contributed by atoms with E-state index in [-0.39, 0.29) is 11.6 Å². The third-order valence-corrected chi connectivity index (χ3v) is 3.13. The Kier molecular flexibility index (Phi) is 3.85. The van der Waals surface area contributed by atoms with Gasteiger partial charge >= 0.3 is 0 Å². The molecule has 6 nitrogen and oxygen atoms in total. The SMILES string of the molecule is CC(C)c1ccn(-c2ccc(C(C)O)cc2[N+](=O)[O-])n1. The highest BCUT2D eigenvalue weighted by Crippen LogP contribution is 2.27. The van der Waals surface area contributed by atoms with Crippen LogP contribution in [0.15, 0.2) is 30.5 Å². The first-order chi connectivity index (χ1) is 9.40. The number of nitrogens with zero attached hydrogens (tertiary/aromatic N) is 3. The van der Waals surface area contributed by atoms with Gasteiger partial charge in [-0.1, -0.05) is 19.9 Å². The zero-order chi connectivity index (χ0) is 14.9. The van der Waals surface area contributed by atoms with Gasteiger partial charge in [0, 0.05) is 12.3 Å². The largest absolute Gasteiger partial charge is 0.389 e. The lowest BCUT2D eigenvalue weighted by Crippen LogP contribution is -2.03. The molecule has 20 heavy (non-hydrogen) atoms. The highest BCUT2D eigenvalue weighted by molar-refractivity contribution is 5.54. The minimum Gasteiger partial charge on any atom is -0.389 e. The van der Waals surface area contributed by atoms with Gasteiger partial charge in [0.15, 0.2) is 0 Å². The van der Waals surface area contributed by atoms with Crippen LogP contribution in [-0.4, -0.2) is 19.8 Å². The van der Waals surface area contributed by atoms with Crippen molar-refractivity contribution >= 4 is 5.69 Å².